The maximum absolute atomic E-state index is 5.94. The van der Waals surface area contributed by atoms with Crippen LogP contribution in [0.4, 0.5) is 0 Å². The highest BCUT2D eigenvalue weighted by Crippen LogP contribution is 2.40. The summed E-state index contributed by atoms with van der Waals surface area (Å²) in [5.41, 5.74) is 8.03. The quantitative estimate of drug-likeness (QED) is 0.746. The number of hydrogen-bond acceptors (Lipinski definition) is 1. The van der Waals surface area contributed by atoms with Crippen LogP contribution in [0.15, 0.2) is 18.2 Å². The number of hydrogen-bond donors (Lipinski definition) is 1. The van der Waals surface area contributed by atoms with Crippen molar-refractivity contribution >= 4 is 11.6 Å². The van der Waals surface area contributed by atoms with Gasteiger partial charge in [-0.05, 0) is 36.0 Å². The molecule has 1 aromatic rings. The van der Waals surface area contributed by atoms with Crippen LogP contribution in [0.2, 0.25) is 5.02 Å². The molecule has 2 rings (SSSR count). The maximum Gasteiger partial charge on any atom is 0.0451 e. The van der Waals surface area contributed by atoms with Crippen LogP contribution in [-0.4, -0.2) is 0 Å². The first-order chi connectivity index (χ1) is 5.81. The van der Waals surface area contributed by atoms with E-state index in [0.717, 1.165) is 16.5 Å². The molecule has 0 aromatic heterocycles. The second-order valence-electron chi connectivity index (χ2n) is 3.33. The highest BCUT2D eigenvalue weighted by molar-refractivity contribution is 6.31. The molecule has 0 saturated heterocycles. The maximum atomic E-state index is 5.94. The fraction of sp³-hybridized carbons (Fsp3) is 0.400. The lowest BCUT2D eigenvalue weighted by Gasteiger charge is -2.03. The van der Waals surface area contributed by atoms with Gasteiger partial charge in [-0.15, -0.1) is 0 Å². The van der Waals surface area contributed by atoms with Crippen LogP contribution in [-0.2, 0) is 6.54 Å². The third-order valence-corrected chi connectivity index (χ3v) is 2.71. The van der Waals surface area contributed by atoms with Crippen LogP contribution in [0.25, 0.3) is 0 Å². The molecule has 1 aliphatic carbocycles. The Kier molecular flexibility index (Phi) is 2.07. The molecule has 1 aromatic carbocycles. The molecule has 0 unspecified atom stereocenters. The van der Waals surface area contributed by atoms with Gasteiger partial charge in [0.25, 0.3) is 0 Å². The lowest BCUT2D eigenvalue weighted by Crippen LogP contribution is -1.97. The molecule has 12 heavy (non-hydrogen) atoms. The van der Waals surface area contributed by atoms with Crippen LogP contribution in [0.5, 0.6) is 0 Å². The molecule has 0 radical (unpaired) electrons. The van der Waals surface area contributed by atoms with Crippen molar-refractivity contribution in [2.45, 2.75) is 25.3 Å². The van der Waals surface area contributed by atoms with Crippen molar-refractivity contribution in [3.8, 4) is 0 Å². The topological polar surface area (TPSA) is 26.0 Å². The van der Waals surface area contributed by atoms with Crippen molar-refractivity contribution in [3.63, 3.8) is 0 Å². The van der Waals surface area contributed by atoms with E-state index in [9.17, 15) is 0 Å². The summed E-state index contributed by atoms with van der Waals surface area (Å²) in [7, 11) is 0. The fourth-order valence-electron chi connectivity index (χ4n) is 1.42. The number of halogens is 1. The van der Waals surface area contributed by atoms with Gasteiger partial charge < -0.3 is 5.73 Å². The summed E-state index contributed by atoms with van der Waals surface area (Å²) < 4.78 is 0. The van der Waals surface area contributed by atoms with Crippen molar-refractivity contribution in [3.05, 3.63) is 34.3 Å². The van der Waals surface area contributed by atoms with E-state index in [1.807, 2.05) is 6.07 Å². The Balaban J connectivity index is 2.33. The van der Waals surface area contributed by atoms with Crippen LogP contribution in [0, 0.1) is 0 Å². The van der Waals surface area contributed by atoms with Gasteiger partial charge in [-0.2, -0.15) is 0 Å². The zero-order valence-electron chi connectivity index (χ0n) is 6.89. The van der Waals surface area contributed by atoms with Crippen LogP contribution in [0.1, 0.15) is 29.9 Å². The third kappa shape index (κ3) is 1.47. The molecule has 0 heterocycles. The minimum absolute atomic E-state index is 0.541. The molecule has 2 N–H and O–H groups in total. The summed E-state index contributed by atoms with van der Waals surface area (Å²) in [6.07, 6.45) is 2.65. The Labute approximate surface area is 77.5 Å². The average molecular weight is 182 g/mol. The van der Waals surface area contributed by atoms with E-state index in [0.29, 0.717) is 6.54 Å². The monoisotopic (exact) mass is 181 g/mol. The SMILES string of the molecule is NCc1cc(C2CC2)ccc1Cl. The lowest BCUT2D eigenvalue weighted by atomic mass is 10.1. The van der Waals surface area contributed by atoms with E-state index in [4.69, 9.17) is 17.3 Å². The average Bonchev–Trinajstić information content (AvgIpc) is 2.88. The van der Waals surface area contributed by atoms with E-state index in [1.165, 1.54) is 18.4 Å². The van der Waals surface area contributed by atoms with Gasteiger partial charge in [-0.25, -0.2) is 0 Å². The molecule has 0 atom stereocenters. The van der Waals surface area contributed by atoms with Crippen LogP contribution in [0.3, 0.4) is 0 Å². The van der Waals surface area contributed by atoms with E-state index in [1.54, 1.807) is 0 Å². The minimum atomic E-state index is 0.541. The standard InChI is InChI=1S/C10H12ClN/c11-10-4-3-8(7-1-2-7)5-9(10)6-12/h3-5,7H,1-2,6,12H2. The number of nitrogens with two attached hydrogens (primary N) is 1. The van der Waals surface area contributed by atoms with Crippen molar-refractivity contribution in [2.75, 3.05) is 0 Å². The first kappa shape index (κ1) is 8.09. The van der Waals surface area contributed by atoms with Crippen molar-refractivity contribution in [2.24, 2.45) is 5.73 Å². The van der Waals surface area contributed by atoms with Crippen molar-refractivity contribution < 1.29 is 0 Å². The van der Waals surface area contributed by atoms with Gasteiger partial charge in [0, 0.05) is 11.6 Å². The number of benzene rings is 1. The van der Waals surface area contributed by atoms with Gasteiger partial charge >= 0.3 is 0 Å². The molecule has 0 amide bonds. The van der Waals surface area contributed by atoms with Gasteiger partial charge in [-0.1, -0.05) is 23.7 Å². The Morgan fingerprint density at radius 2 is 2.17 bits per heavy atom. The van der Waals surface area contributed by atoms with E-state index < -0.39 is 0 Å². The number of rotatable bonds is 2. The fourth-order valence-corrected chi connectivity index (χ4v) is 1.62. The molecule has 2 heteroatoms. The Morgan fingerprint density at radius 3 is 2.75 bits per heavy atom. The van der Waals surface area contributed by atoms with Gasteiger partial charge in [0.05, 0.1) is 0 Å². The Bertz CT molecular complexity index is 292. The van der Waals surface area contributed by atoms with Crippen LogP contribution >= 0.6 is 11.6 Å². The first-order valence-electron chi connectivity index (χ1n) is 4.29. The molecule has 0 aliphatic heterocycles. The molecule has 1 nitrogen and oxygen atoms in total. The minimum Gasteiger partial charge on any atom is -0.326 e. The molecule has 0 spiro atoms. The first-order valence-corrected chi connectivity index (χ1v) is 4.67. The molecule has 0 bridgehead atoms. The summed E-state index contributed by atoms with van der Waals surface area (Å²) in [5, 5.41) is 0.793. The normalized spacial score (nSPS) is 16.5. The van der Waals surface area contributed by atoms with E-state index in [2.05, 4.69) is 12.1 Å². The second-order valence-corrected chi connectivity index (χ2v) is 3.74. The molecule has 1 fully saturated rings. The van der Waals surface area contributed by atoms with E-state index >= 15 is 0 Å². The van der Waals surface area contributed by atoms with Gasteiger partial charge in [0.1, 0.15) is 0 Å². The molecular weight excluding hydrogens is 170 g/mol. The Morgan fingerprint density at radius 1 is 1.42 bits per heavy atom. The largest absolute Gasteiger partial charge is 0.326 e. The van der Waals surface area contributed by atoms with Crippen molar-refractivity contribution in [1.82, 2.24) is 0 Å². The molecular formula is C10H12ClN. The molecule has 64 valence electrons. The highest BCUT2D eigenvalue weighted by Gasteiger charge is 2.23. The third-order valence-electron chi connectivity index (χ3n) is 2.34. The summed E-state index contributed by atoms with van der Waals surface area (Å²) in [4.78, 5) is 0. The predicted octanol–water partition coefficient (Wildman–Crippen LogP) is 2.68. The second kappa shape index (κ2) is 3.08. The Hall–Kier alpha value is -0.530. The zero-order valence-corrected chi connectivity index (χ0v) is 7.64. The lowest BCUT2D eigenvalue weighted by molar-refractivity contribution is 1.04. The van der Waals surface area contributed by atoms with Gasteiger partial charge in [-0.3, -0.25) is 0 Å². The summed E-state index contributed by atoms with van der Waals surface area (Å²) in [6, 6.07) is 6.20. The van der Waals surface area contributed by atoms with Crippen LogP contribution < -0.4 is 5.73 Å². The summed E-state index contributed by atoms with van der Waals surface area (Å²) in [5.74, 6) is 0.785. The van der Waals surface area contributed by atoms with Gasteiger partial charge in [0.2, 0.25) is 0 Å². The predicted molar refractivity (Wildman–Crippen MR) is 51.3 cm³/mol. The van der Waals surface area contributed by atoms with Gasteiger partial charge in [0.15, 0.2) is 0 Å². The molecule has 1 aliphatic rings. The smallest absolute Gasteiger partial charge is 0.0451 e. The van der Waals surface area contributed by atoms with Crippen molar-refractivity contribution in [1.29, 1.82) is 0 Å². The summed E-state index contributed by atoms with van der Waals surface area (Å²) in [6.45, 7) is 0.541. The molecule has 1 saturated carbocycles. The summed E-state index contributed by atoms with van der Waals surface area (Å²) >= 11 is 5.94. The zero-order chi connectivity index (χ0) is 8.55. The van der Waals surface area contributed by atoms with E-state index in [-0.39, 0.29) is 0 Å². The highest BCUT2D eigenvalue weighted by atomic mass is 35.5.